The Kier molecular flexibility index (Phi) is 5.82. The van der Waals surface area contributed by atoms with E-state index in [9.17, 15) is 4.79 Å². The molecule has 0 radical (unpaired) electrons. The van der Waals surface area contributed by atoms with E-state index >= 15 is 0 Å². The molecule has 6 heteroatoms. The summed E-state index contributed by atoms with van der Waals surface area (Å²) in [5.41, 5.74) is 1.93. The van der Waals surface area contributed by atoms with E-state index in [-0.39, 0.29) is 12.3 Å². The van der Waals surface area contributed by atoms with E-state index in [1.807, 2.05) is 76.2 Å². The van der Waals surface area contributed by atoms with Crippen molar-refractivity contribution in [3.8, 4) is 5.75 Å². The summed E-state index contributed by atoms with van der Waals surface area (Å²) in [6.45, 7) is 8.54. The number of nitrogens with one attached hydrogen (secondary N) is 1. The van der Waals surface area contributed by atoms with E-state index in [0.29, 0.717) is 12.4 Å². The molecule has 1 N–H and O–H groups in total. The van der Waals surface area contributed by atoms with E-state index in [1.54, 1.807) is 7.05 Å². The van der Waals surface area contributed by atoms with Crippen LogP contribution in [0.5, 0.6) is 5.75 Å². The number of carbonyl (C=O) groups is 1. The summed E-state index contributed by atoms with van der Waals surface area (Å²) < 4.78 is 18.3. The van der Waals surface area contributed by atoms with Gasteiger partial charge < -0.3 is 19.4 Å². The number of ether oxygens (including phenoxy) is 1. The zero-order valence-electron chi connectivity index (χ0n) is 17.2. The Labute approximate surface area is 167 Å². The van der Waals surface area contributed by atoms with E-state index in [1.165, 1.54) is 0 Å². The highest BCUT2D eigenvalue weighted by molar-refractivity contribution is 6.62. The molecule has 1 aliphatic rings. The predicted molar refractivity (Wildman–Crippen MR) is 111 cm³/mol. The first-order chi connectivity index (χ1) is 13.2. The summed E-state index contributed by atoms with van der Waals surface area (Å²) in [5, 5.41) is 2.67. The number of carbonyl (C=O) groups excluding carboxylic acids is 1. The average Bonchev–Trinajstić information content (AvgIpc) is 2.88. The second-order valence-electron chi connectivity index (χ2n) is 8.08. The summed E-state index contributed by atoms with van der Waals surface area (Å²) in [5.74, 6) is 0.614. The maximum absolute atomic E-state index is 12.0. The third-order valence-electron chi connectivity index (χ3n) is 5.48. The van der Waals surface area contributed by atoms with Crippen LogP contribution in [0.1, 0.15) is 38.8 Å². The van der Waals surface area contributed by atoms with Crippen molar-refractivity contribution >= 4 is 18.5 Å². The van der Waals surface area contributed by atoms with Gasteiger partial charge in [0, 0.05) is 12.6 Å². The fraction of sp³-hybridized carbons (Fsp3) is 0.409. The van der Waals surface area contributed by atoms with Crippen molar-refractivity contribution in [1.82, 2.24) is 5.32 Å². The monoisotopic (exact) mass is 381 g/mol. The Morgan fingerprint density at radius 1 is 1.04 bits per heavy atom. The summed E-state index contributed by atoms with van der Waals surface area (Å²) in [4.78, 5) is 12.0. The lowest BCUT2D eigenvalue weighted by Gasteiger charge is -2.32. The van der Waals surface area contributed by atoms with Crippen LogP contribution < -0.4 is 15.5 Å². The number of rotatable bonds is 6. The number of hydrogen-bond donors (Lipinski definition) is 1. The second-order valence-corrected chi connectivity index (χ2v) is 8.08. The molecule has 28 heavy (non-hydrogen) atoms. The largest absolute Gasteiger partial charge is 0.494 e. The Bertz CT molecular complexity index is 820. The lowest BCUT2D eigenvalue weighted by Crippen LogP contribution is -2.41. The fourth-order valence-electron chi connectivity index (χ4n) is 3.00. The van der Waals surface area contributed by atoms with Crippen molar-refractivity contribution in [3.63, 3.8) is 0 Å². The van der Waals surface area contributed by atoms with E-state index in [0.717, 1.165) is 16.6 Å². The predicted octanol–water partition coefficient (Wildman–Crippen LogP) is 2.85. The van der Waals surface area contributed by atoms with Crippen molar-refractivity contribution in [3.05, 3.63) is 59.7 Å². The quantitative estimate of drug-likeness (QED) is 0.782. The minimum Gasteiger partial charge on any atom is -0.489 e. The molecule has 148 valence electrons. The molecule has 2 aromatic rings. The van der Waals surface area contributed by atoms with Gasteiger partial charge in [-0.05, 0) is 44.8 Å². The molecule has 0 atom stereocenters. The van der Waals surface area contributed by atoms with Crippen molar-refractivity contribution in [2.75, 3.05) is 7.05 Å². The normalized spacial score (nSPS) is 17.4. The van der Waals surface area contributed by atoms with Gasteiger partial charge in [0.05, 0.1) is 17.6 Å². The highest BCUT2D eigenvalue weighted by Gasteiger charge is 2.51. The number of benzene rings is 2. The van der Waals surface area contributed by atoms with Crippen LogP contribution >= 0.6 is 0 Å². The zero-order chi connectivity index (χ0) is 20.4. The van der Waals surface area contributed by atoms with Crippen LogP contribution in [0.3, 0.4) is 0 Å². The van der Waals surface area contributed by atoms with E-state index in [4.69, 9.17) is 14.0 Å². The first-order valence-electron chi connectivity index (χ1n) is 9.57. The molecule has 1 saturated heterocycles. The van der Waals surface area contributed by atoms with Crippen LogP contribution in [0, 0.1) is 0 Å². The highest BCUT2D eigenvalue weighted by atomic mass is 16.7. The van der Waals surface area contributed by atoms with Gasteiger partial charge in [-0.2, -0.15) is 0 Å². The Balaban J connectivity index is 1.84. The van der Waals surface area contributed by atoms with Gasteiger partial charge in [0.2, 0.25) is 5.91 Å². The van der Waals surface area contributed by atoms with Crippen LogP contribution in [0.25, 0.3) is 0 Å². The standard InChI is InChI=1S/C22H28BNO4/c1-21(2)22(3,4)28-23(27-21)18-11-12-19(17(13-18)14-20(25)24-5)26-15-16-9-7-6-8-10-16/h6-13H,14-15H2,1-5H3,(H,24,25). The zero-order valence-corrected chi connectivity index (χ0v) is 17.2. The summed E-state index contributed by atoms with van der Waals surface area (Å²) >= 11 is 0. The summed E-state index contributed by atoms with van der Waals surface area (Å²) in [7, 11) is 1.15. The van der Waals surface area contributed by atoms with Gasteiger partial charge in [-0.3, -0.25) is 4.79 Å². The fourth-order valence-corrected chi connectivity index (χ4v) is 3.00. The second kappa shape index (κ2) is 7.98. The van der Waals surface area contributed by atoms with Crippen molar-refractivity contribution in [2.45, 2.75) is 51.9 Å². The molecule has 1 amide bonds. The Morgan fingerprint density at radius 3 is 2.29 bits per heavy atom. The first-order valence-corrected chi connectivity index (χ1v) is 9.57. The van der Waals surface area contributed by atoms with Crippen LogP contribution in [-0.4, -0.2) is 31.3 Å². The first kappa shape index (κ1) is 20.4. The SMILES string of the molecule is CNC(=O)Cc1cc(B2OC(C)(C)C(C)(C)O2)ccc1OCc1ccccc1. The van der Waals surface area contributed by atoms with Gasteiger partial charge in [0.25, 0.3) is 0 Å². The molecule has 0 aromatic heterocycles. The van der Waals surface area contributed by atoms with Gasteiger partial charge in [-0.15, -0.1) is 0 Å². The van der Waals surface area contributed by atoms with Gasteiger partial charge in [-0.25, -0.2) is 0 Å². The Hall–Kier alpha value is -2.31. The molecule has 5 nitrogen and oxygen atoms in total. The van der Waals surface area contributed by atoms with Crippen LogP contribution in [0.15, 0.2) is 48.5 Å². The van der Waals surface area contributed by atoms with Gasteiger partial charge in [0.15, 0.2) is 0 Å². The van der Waals surface area contributed by atoms with E-state index in [2.05, 4.69) is 5.32 Å². The number of amides is 1. The smallest absolute Gasteiger partial charge is 0.489 e. The number of hydrogen-bond acceptors (Lipinski definition) is 4. The van der Waals surface area contributed by atoms with Gasteiger partial charge in [0.1, 0.15) is 12.4 Å². The third kappa shape index (κ3) is 4.40. The minimum absolute atomic E-state index is 0.0735. The average molecular weight is 381 g/mol. The van der Waals surface area contributed by atoms with Gasteiger partial charge >= 0.3 is 7.12 Å². The van der Waals surface area contributed by atoms with Gasteiger partial charge in [-0.1, -0.05) is 42.5 Å². The van der Waals surface area contributed by atoms with E-state index < -0.39 is 18.3 Å². The summed E-state index contributed by atoms with van der Waals surface area (Å²) in [6, 6.07) is 15.7. The maximum Gasteiger partial charge on any atom is 0.494 e. The molecule has 0 saturated carbocycles. The Morgan fingerprint density at radius 2 is 1.68 bits per heavy atom. The molecule has 3 rings (SSSR count). The molecule has 1 heterocycles. The van der Waals surface area contributed by atoms with Crippen LogP contribution in [0.2, 0.25) is 0 Å². The lowest BCUT2D eigenvalue weighted by atomic mass is 9.78. The molecule has 0 spiro atoms. The maximum atomic E-state index is 12.0. The number of likely N-dealkylation sites (N-methyl/N-ethyl adjacent to an activating group) is 1. The minimum atomic E-state index is -0.475. The molecule has 0 unspecified atom stereocenters. The molecule has 1 aliphatic heterocycles. The third-order valence-corrected chi connectivity index (χ3v) is 5.48. The highest BCUT2D eigenvalue weighted by Crippen LogP contribution is 2.36. The molecule has 0 aliphatic carbocycles. The van der Waals surface area contributed by atoms with Crippen LogP contribution in [0.4, 0.5) is 0 Å². The molecular formula is C22H28BNO4. The molecule has 0 bridgehead atoms. The molecule has 2 aromatic carbocycles. The van der Waals surface area contributed by atoms with Crippen LogP contribution in [-0.2, 0) is 27.1 Å². The molecular weight excluding hydrogens is 353 g/mol. The lowest BCUT2D eigenvalue weighted by molar-refractivity contribution is -0.119. The van der Waals surface area contributed by atoms with Crippen molar-refractivity contribution < 1.29 is 18.8 Å². The topological polar surface area (TPSA) is 56.8 Å². The van der Waals surface area contributed by atoms with Crippen molar-refractivity contribution in [1.29, 1.82) is 0 Å². The molecule has 1 fully saturated rings. The summed E-state index contributed by atoms with van der Waals surface area (Å²) in [6.07, 6.45) is 0.230. The van der Waals surface area contributed by atoms with Crippen molar-refractivity contribution in [2.24, 2.45) is 0 Å².